The minimum absolute atomic E-state index is 0.206. The monoisotopic (exact) mass is 703 g/mol. The molecule has 49 heavy (non-hydrogen) atoms. The van der Waals surface area contributed by atoms with Gasteiger partial charge in [0.2, 0.25) is 11.8 Å². The van der Waals surface area contributed by atoms with Crippen molar-refractivity contribution in [1.29, 1.82) is 0 Å². The molecule has 0 aliphatic rings. The maximum absolute atomic E-state index is 13.4. The second-order valence-corrected chi connectivity index (χ2v) is 17.4. The molecule has 12 nitrogen and oxygen atoms in total. The first-order chi connectivity index (χ1) is 23.0. The second kappa shape index (κ2) is 13.9. The van der Waals surface area contributed by atoms with E-state index in [2.05, 4.69) is 25.9 Å². The molecular formula is C35H38N5O7PS. The van der Waals surface area contributed by atoms with E-state index >= 15 is 0 Å². The van der Waals surface area contributed by atoms with Crippen molar-refractivity contribution in [2.75, 3.05) is 36.4 Å². The third-order valence-corrected chi connectivity index (χ3v) is 9.67. The summed E-state index contributed by atoms with van der Waals surface area (Å²) in [6.45, 7) is 9.47. The number of benzene rings is 4. The summed E-state index contributed by atoms with van der Waals surface area (Å²) in [5.41, 5.74) is 2.49. The average molecular weight is 704 g/mol. The third kappa shape index (κ3) is 8.94. The highest BCUT2D eigenvalue weighted by Crippen LogP contribution is 2.43. The lowest BCUT2D eigenvalue weighted by molar-refractivity contribution is 0.262. The van der Waals surface area contributed by atoms with Gasteiger partial charge in [-0.15, -0.1) is 0 Å². The molecule has 0 fully saturated rings. The summed E-state index contributed by atoms with van der Waals surface area (Å²) < 4.78 is 56.8. The highest BCUT2D eigenvalue weighted by Gasteiger charge is 2.26. The van der Waals surface area contributed by atoms with E-state index in [9.17, 15) is 22.3 Å². The minimum Gasteiger partial charge on any atom is -0.494 e. The Labute approximate surface area is 285 Å². The van der Waals surface area contributed by atoms with Crippen LogP contribution < -0.4 is 30.7 Å². The van der Waals surface area contributed by atoms with E-state index in [-0.39, 0.29) is 17.2 Å². The molecular weight excluding hydrogens is 665 g/mol. The molecule has 0 radical (unpaired) electrons. The van der Waals surface area contributed by atoms with Gasteiger partial charge in [0.1, 0.15) is 18.6 Å². The maximum Gasteiger partial charge on any atom is 0.323 e. The van der Waals surface area contributed by atoms with E-state index in [0.29, 0.717) is 50.2 Å². The summed E-state index contributed by atoms with van der Waals surface area (Å²) in [6, 6.07) is 22.2. The van der Waals surface area contributed by atoms with Crippen molar-refractivity contribution in [3.63, 3.8) is 0 Å². The van der Waals surface area contributed by atoms with Gasteiger partial charge in [-0.3, -0.25) is 4.55 Å². The highest BCUT2D eigenvalue weighted by molar-refractivity contribution is 7.85. The van der Waals surface area contributed by atoms with Gasteiger partial charge in [0.05, 0.1) is 23.8 Å². The Balaban J connectivity index is 1.38. The standard InChI is InChI=1S/C35H38N5O7PS/c1-35(2,3)23-19-28(32(46-4)30(20-23)48(5,6)42)39-34(41)38-27-14-15-29(26-13-8-7-12-25(26)27)47-31-16-17-36-33(40-31)37-24-11-9-10-22(18-24)21-49(43,44)45/h7-20H,21H2,1-6H3,(H,36,37,40)(H2,38,39,41)(H,43,44,45). The number of methoxy groups -OCH3 is 1. The van der Waals surface area contributed by atoms with Crippen molar-refractivity contribution in [2.45, 2.75) is 31.9 Å². The Morgan fingerprint density at radius 2 is 1.63 bits per heavy atom. The van der Waals surface area contributed by atoms with Crippen molar-refractivity contribution in [2.24, 2.45) is 0 Å². The van der Waals surface area contributed by atoms with Crippen LogP contribution in [0.4, 0.5) is 27.8 Å². The fraction of sp³-hybridized carbons (Fsp3) is 0.229. The van der Waals surface area contributed by atoms with Crippen LogP contribution >= 0.6 is 7.14 Å². The van der Waals surface area contributed by atoms with Crippen LogP contribution in [0.25, 0.3) is 10.8 Å². The van der Waals surface area contributed by atoms with Crippen molar-refractivity contribution >= 4 is 62.4 Å². The Kier molecular flexibility index (Phi) is 10.0. The number of fused-ring (bicyclic) bond motifs is 1. The van der Waals surface area contributed by atoms with Crippen LogP contribution in [0.3, 0.4) is 0 Å². The zero-order chi connectivity index (χ0) is 35.6. The van der Waals surface area contributed by atoms with Crippen LogP contribution in [0, 0.1) is 0 Å². The Morgan fingerprint density at radius 1 is 0.918 bits per heavy atom. The van der Waals surface area contributed by atoms with Gasteiger partial charge in [-0.05, 0) is 66.3 Å². The molecule has 14 heteroatoms. The van der Waals surface area contributed by atoms with E-state index in [4.69, 9.17) is 9.47 Å². The number of hydrogen-bond acceptors (Lipinski definition) is 9. The van der Waals surface area contributed by atoms with Gasteiger partial charge in [0.25, 0.3) is 10.1 Å². The minimum atomic E-state index is -4.19. The van der Waals surface area contributed by atoms with E-state index < -0.39 is 29.0 Å². The van der Waals surface area contributed by atoms with Crippen LogP contribution in [0.5, 0.6) is 17.4 Å². The second-order valence-electron chi connectivity index (χ2n) is 12.8. The van der Waals surface area contributed by atoms with Gasteiger partial charge < -0.3 is 30.0 Å². The van der Waals surface area contributed by atoms with Crippen molar-refractivity contribution in [3.8, 4) is 17.4 Å². The zero-order valence-electron chi connectivity index (χ0n) is 27.9. The summed E-state index contributed by atoms with van der Waals surface area (Å²) in [5, 5.41) is 10.8. The lowest BCUT2D eigenvalue weighted by Gasteiger charge is -2.25. The summed E-state index contributed by atoms with van der Waals surface area (Å²) in [5.74, 6) is 0.757. The van der Waals surface area contributed by atoms with Gasteiger partial charge in [0.15, 0.2) is 5.75 Å². The average Bonchev–Trinajstić information content (AvgIpc) is 3.00. The number of amides is 2. The molecule has 0 aliphatic carbocycles. The van der Waals surface area contributed by atoms with Gasteiger partial charge in [-0.25, -0.2) is 9.78 Å². The topological polar surface area (TPSA) is 169 Å². The largest absolute Gasteiger partial charge is 0.494 e. The van der Waals surface area contributed by atoms with Crippen molar-refractivity contribution in [3.05, 3.63) is 96.2 Å². The summed E-state index contributed by atoms with van der Waals surface area (Å²) in [4.78, 5) is 22.1. The van der Waals surface area contributed by atoms with Crippen molar-refractivity contribution in [1.82, 2.24) is 9.97 Å². The first-order valence-electron chi connectivity index (χ1n) is 15.2. The fourth-order valence-corrected chi connectivity index (χ4v) is 6.90. The van der Waals surface area contributed by atoms with E-state index in [1.165, 1.54) is 13.3 Å². The number of urea groups is 1. The molecule has 0 bridgehead atoms. The Hall–Kier alpha value is -4.97. The molecule has 0 unspecified atom stereocenters. The quantitative estimate of drug-likeness (QED) is 0.0833. The smallest absolute Gasteiger partial charge is 0.323 e. The summed E-state index contributed by atoms with van der Waals surface area (Å²) in [7, 11) is -5.45. The van der Waals surface area contributed by atoms with Crippen molar-refractivity contribution < 1.29 is 31.8 Å². The molecule has 256 valence electrons. The van der Waals surface area contributed by atoms with E-state index in [0.717, 1.165) is 5.56 Å². The molecule has 0 spiro atoms. The number of rotatable bonds is 10. The number of anilines is 4. The molecule has 5 rings (SSSR count). The van der Waals surface area contributed by atoms with Gasteiger partial charge >= 0.3 is 6.03 Å². The predicted octanol–water partition coefficient (Wildman–Crippen LogP) is 7.75. The molecule has 4 aromatic carbocycles. The number of nitrogens with one attached hydrogen (secondary N) is 3. The maximum atomic E-state index is 13.4. The van der Waals surface area contributed by atoms with Crippen LogP contribution in [0.15, 0.2) is 85.1 Å². The lowest BCUT2D eigenvalue weighted by atomic mass is 9.86. The number of nitrogens with zero attached hydrogens (tertiary/aromatic N) is 2. The molecule has 5 aromatic rings. The molecule has 1 heterocycles. The lowest BCUT2D eigenvalue weighted by Crippen LogP contribution is -2.23. The molecule has 0 saturated carbocycles. The zero-order valence-corrected chi connectivity index (χ0v) is 29.6. The predicted molar refractivity (Wildman–Crippen MR) is 194 cm³/mol. The number of aromatic nitrogens is 2. The number of carbonyl (C=O) groups is 1. The molecule has 0 aliphatic heterocycles. The number of carbonyl (C=O) groups excluding carboxylic acids is 1. The van der Waals surface area contributed by atoms with Crippen LogP contribution in [0.1, 0.15) is 31.9 Å². The summed E-state index contributed by atoms with van der Waals surface area (Å²) >= 11 is 0. The molecule has 2 amide bonds. The molecule has 4 N–H and O–H groups in total. The first kappa shape index (κ1) is 35.3. The normalized spacial score (nSPS) is 12.0. The van der Waals surface area contributed by atoms with Crippen LogP contribution in [-0.4, -0.2) is 49.4 Å². The first-order valence-corrected chi connectivity index (χ1v) is 19.4. The van der Waals surface area contributed by atoms with Gasteiger partial charge in [-0.1, -0.05) is 57.2 Å². The molecule has 0 atom stereocenters. The van der Waals surface area contributed by atoms with Crippen LogP contribution in [0.2, 0.25) is 0 Å². The summed E-state index contributed by atoms with van der Waals surface area (Å²) in [6.07, 6.45) is 1.51. The highest BCUT2D eigenvalue weighted by atomic mass is 32.2. The van der Waals surface area contributed by atoms with E-state index in [1.54, 1.807) is 55.8 Å². The Morgan fingerprint density at radius 3 is 2.31 bits per heavy atom. The Bertz CT molecular complexity index is 2200. The van der Waals surface area contributed by atoms with Gasteiger partial charge in [0, 0.05) is 28.7 Å². The molecule has 0 saturated heterocycles. The third-order valence-electron chi connectivity index (χ3n) is 7.48. The van der Waals surface area contributed by atoms with Crippen LogP contribution in [-0.2, 0) is 25.9 Å². The SMILES string of the molecule is COc1c(NC(=O)Nc2ccc(Oc3ccnc(Nc4cccc(CS(=O)(=O)O)c4)n3)c3ccccc23)cc(C(C)(C)C)cc1P(C)(C)=O. The number of ether oxygens (including phenoxy) is 2. The fourth-order valence-electron chi connectivity index (χ4n) is 5.15. The van der Waals surface area contributed by atoms with Gasteiger partial charge in [-0.2, -0.15) is 13.4 Å². The number of hydrogen-bond donors (Lipinski definition) is 4. The van der Waals surface area contributed by atoms with E-state index in [1.807, 2.05) is 57.2 Å². The molecule has 1 aromatic heterocycles.